The number of hydrogen-bond acceptors (Lipinski definition) is 4. The molecule has 0 bridgehead atoms. The van der Waals surface area contributed by atoms with Crippen LogP contribution in [0.3, 0.4) is 0 Å². The molecule has 5 heteroatoms. The highest BCUT2D eigenvalue weighted by Gasteiger charge is 2.27. The highest BCUT2D eigenvalue weighted by atomic mass is 32.1. The Morgan fingerprint density at radius 1 is 0.609 bits per heavy atom. The lowest BCUT2D eigenvalue weighted by Gasteiger charge is -2.37. The van der Waals surface area contributed by atoms with Crippen LogP contribution in [-0.2, 0) is 9.47 Å². The maximum atomic E-state index is 5.72. The second-order valence-corrected chi connectivity index (χ2v) is 7.52. The van der Waals surface area contributed by atoms with Gasteiger partial charge in [0.05, 0.1) is 24.4 Å². The van der Waals surface area contributed by atoms with E-state index in [9.17, 15) is 0 Å². The smallest absolute Gasteiger partial charge is 0.0705 e. The largest absolute Gasteiger partial charge is 0.374 e. The summed E-state index contributed by atoms with van der Waals surface area (Å²) in [5.74, 6) is 0. The summed E-state index contributed by atoms with van der Waals surface area (Å²) in [6.07, 6.45) is 6.66. The molecule has 0 amide bonds. The summed E-state index contributed by atoms with van der Waals surface area (Å²) in [7, 11) is 8.50. The lowest BCUT2D eigenvalue weighted by atomic mass is 9.99. The van der Waals surface area contributed by atoms with E-state index in [0.29, 0.717) is 36.5 Å². The molecule has 0 aromatic carbocycles. The third kappa shape index (κ3) is 7.74. The van der Waals surface area contributed by atoms with Crippen molar-refractivity contribution in [1.82, 2.24) is 9.80 Å². The summed E-state index contributed by atoms with van der Waals surface area (Å²) in [5, 5.41) is 0. The van der Waals surface area contributed by atoms with Gasteiger partial charge in [-0.25, -0.2) is 0 Å². The van der Waals surface area contributed by atoms with Crippen molar-refractivity contribution in [2.75, 3.05) is 28.2 Å². The zero-order valence-corrected chi connectivity index (χ0v) is 17.5. The SMILES string of the molecule is CC1CCC(N(C)C)C(C)O1.C[C@H]1CC[C@H](N(C)C)[C@@H](C)O1.S. The zero-order valence-electron chi connectivity index (χ0n) is 16.5. The van der Waals surface area contributed by atoms with Gasteiger partial charge in [-0.1, -0.05) is 0 Å². The topological polar surface area (TPSA) is 24.9 Å². The molecular weight excluding hydrogens is 308 g/mol. The van der Waals surface area contributed by atoms with Gasteiger partial charge in [0.25, 0.3) is 0 Å². The third-order valence-corrected chi connectivity index (χ3v) is 5.04. The Morgan fingerprint density at radius 2 is 0.913 bits per heavy atom. The minimum atomic E-state index is 0. The molecule has 2 fully saturated rings. The first-order chi connectivity index (χ1) is 10.2. The van der Waals surface area contributed by atoms with Crippen LogP contribution in [0.2, 0.25) is 0 Å². The molecule has 23 heavy (non-hydrogen) atoms. The van der Waals surface area contributed by atoms with E-state index in [4.69, 9.17) is 9.47 Å². The summed E-state index contributed by atoms with van der Waals surface area (Å²) < 4.78 is 11.4. The third-order valence-electron chi connectivity index (χ3n) is 5.04. The molecule has 2 aliphatic heterocycles. The van der Waals surface area contributed by atoms with Crippen molar-refractivity contribution in [2.45, 2.75) is 89.9 Å². The lowest BCUT2D eigenvalue weighted by molar-refractivity contribution is -0.0723. The molecule has 0 N–H and O–H groups in total. The van der Waals surface area contributed by atoms with Crippen LogP contribution in [0.15, 0.2) is 0 Å². The van der Waals surface area contributed by atoms with Crippen LogP contribution in [0.5, 0.6) is 0 Å². The van der Waals surface area contributed by atoms with E-state index in [1.54, 1.807) is 0 Å². The lowest BCUT2D eigenvalue weighted by Crippen LogP contribution is -2.44. The van der Waals surface area contributed by atoms with Gasteiger partial charge in [-0.05, 0) is 81.6 Å². The minimum Gasteiger partial charge on any atom is -0.374 e. The quantitative estimate of drug-likeness (QED) is 0.765. The Hall–Kier alpha value is 0.190. The summed E-state index contributed by atoms with van der Waals surface area (Å²) in [6.45, 7) is 8.64. The molecule has 4 nitrogen and oxygen atoms in total. The molecule has 0 aromatic rings. The van der Waals surface area contributed by atoms with E-state index in [0.717, 1.165) is 0 Å². The Kier molecular flexibility index (Phi) is 11.0. The number of likely N-dealkylation sites (N-methyl/N-ethyl adjacent to an activating group) is 2. The normalized spacial score (nSPS) is 37.8. The summed E-state index contributed by atoms with van der Waals surface area (Å²) in [4.78, 5) is 4.52. The van der Waals surface area contributed by atoms with Crippen LogP contribution < -0.4 is 0 Å². The van der Waals surface area contributed by atoms with Gasteiger partial charge >= 0.3 is 0 Å². The highest BCUT2D eigenvalue weighted by Crippen LogP contribution is 2.22. The molecule has 6 atom stereocenters. The van der Waals surface area contributed by atoms with Crippen molar-refractivity contribution in [3.63, 3.8) is 0 Å². The second-order valence-electron chi connectivity index (χ2n) is 7.52. The van der Waals surface area contributed by atoms with Crippen molar-refractivity contribution in [3.8, 4) is 0 Å². The predicted molar refractivity (Wildman–Crippen MR) is 104 cm³/mol. The van der Waals surface area contributed by atoms with Crippen LogP contribution in [-0.4, -0.2) is 74.5 Å². The molecule has 2 aliphatic rings. The molecule has 0 aromatic heterocycles. The molecule has 0 spiro atoms. The predicted octanol–water partition coefficient (Wildman–Crippen LogP) is 3.12. The fourth-order valence-electron chi connectivity index (χ4n) is 3.69. The van der Waals surface area contributed by atoms with Crippen LogP contribution in [0.4, 0.5) is 0 Å². The van der Waals surface area contributed by atoms with E-state index in [1.807, 2.05) is 0 Å². The van der Waals surface area contributed by atoms with Gasteiger partial charge in [0.1, 0.15) is 0 Å². The number of rotatable bonds is 2. The van der Waals surface area contributed by atoms with Gasteiger partial charge < -0.3 is 19.3 Å². The number of ether oxygens (including phenoxy) is 2. The average Bonchev–Trinajstić information content (AvgIpc) is 2.38. The van der Waals surface area contributed by atoms with Crippen LogP contribution >= 0.6 is 13.5 Å². The van der Waals surface area contributed by atoms with Crippen molar-refractivity contribution < 1.29 is 9.47 Å². The fraction of sp³-hybridized carbons (Fsp3) is 1.00. The van der Waals surface area contributed by atoms with Gasteiger partial charge in [-0.15, -0.1) is 0 Å². The van der Waals surface area contributed by atoms with Crippen molar-refractivity contribution in [1.29, 1.82) is 0 Å². The molecule has 2 rings (SSSR count). The van der Waals surface area contributed by atoms with Crippen LogP contribution in [0, 0.1) is 0 Å². The van der Waals surface area contributed by atoms with Crippen molar-refractivity contribution in [3.05, 3.63) is 0 Å². The molecular formula is C18H40N2O2S. The maximum absolute atomic E-state index is 5.72. The second kappa shape index (κ2) is 10.9. The van der Waals surface area contributed by atoms with Gasteiger partial charge in [0, 0.05) is 12.1 Å². The van der Waals surface area contributed by atoms with Gasteiger partial charge in [0.15, 0.2) is 0 Å². The fourth-order valence-corrected chi connectivity index (χ4v) is 3.69. The average molecular weight is 349 g/mol. The first-order valence-electron chi connectivity index (χ1n) is 8.86. The van der Waals surface area contributed by atoms with E-state index in [2.05, 4.69) is 65.7 Å². The highest BCUT2D eigenvalue weighted by molar-refractivity contribution is 7.59. The van der Waals surface area contributed by atoms with Gasteiger partial charge in [0.2, 0.25) is 0 Å². The van der Waals surface area contributed by atoms with Crippen LogP contribution in [0.25, 0.3) is 0 Å². The molecule has 0 radical (unpaired) electrons. The number of hydrogen-bond donors (Lipinski definition) is 0. The Bertz CT molecular complexity index is 285. The van der Waals surface area contributed by atoms with Crippen LogP contribution in [0.1, 0.15) is 53.4 Å². The Morgan fingerprint density at radius 3 is 1.13 bits per heavy atom. The molecule has 2 heterocycles. The van der Waals surface area contributed by atoms with Gasteiger partial charge in [-0.3, -0.25) is 0 Å². The molecule has 0 aliphatic carbocycles. The molecule has 140 valence electrons. The Labute approximate surface area is 151 Å². The number of nitrogens with zero attached hydrogens (tertiary/aromatic N) is 2. The molecule has 2 saturated heterocycles. The summed E-state index contributed by atoms with van der Waals surface area (Å²) in [6, 6.07) is 1.23. The summed E-state index contributed by atoms with van der Waals surface area (Å²) >= 11 is 0. The van der Waals surface area contributed by atoms with E-state index in [1.165, 1.54) is 25.7 Å². The summed E-state index contributed by atoms with van der Waals surface area (Å²) in [5.41, 5.74) is 0. The van der Waals surface area contributed by atoms with E-state index in [-0.39, 0.29) is 13.5 Å². The Balaban J connectivity index is 0.000000403. The van der Waals surface area contributed by atoms with Gasteiger partial charge in [-0.2, -0.15) is 13.5 Å². The van der Waals surface area contributed by atoms with Crippen molar-refractivity contribution >= 4 is 13.5 Å². The minimum absolute atomic E-state index is 0. The first kappa shape index (κ1) is 23.2. The molecule has 0 saturated carbocycles. The standard InChI is InChI=1S/2C9H19NO.H2S/c2*1-7-5-6-9(10(3)4)8(2)11-7;/h2*7-9H,5-6H2,1-4H3;1H2/t7-,8+,9-;;/m0../s1. The van der Waals surface area contributed by atoms with Crippen molar-refractivity contribution in [2.24, 2.45) is 0 Å². The molecule has 3 unspecified atom stereocenters. The maximum Gasteiger partial charge on any atom is 0.0705 e. The first-order valence-corrected chi connectivity index (χ1v) is 8.86. The zero-order chi connectivity index (χ0) is 16.9. The monoisotopic (exact) mass is 348 g/mol. The van der Waals surface area contributed by atoms with E-state index < -0.39 is 0 Å². The van der Waals surface area contributed by atoms with E-state index >= 15 is 0 Å².